The van der Waals surface area contributed by atoms with Crippen molar-refractivity contribution in [3.63, 3.8) is 0 Å². The molecule has 1 saturated heterocycles. The van der Waals surface area contributed by atoms with Gasteiger partial charge >= 0.3 is 0 Å². The van der Waals surface area contributed by atoms with E-state index in [1.807, 2.05) is 6.92 Å². The molecule has 19 heavy (non-hydrogen) atoms. The van der Waals surface area contributed by atoms with Gasteiger partial charge in [0.1, 0.15) is 5.76 Å². The lowest BCUT2D eigenvalue weighted by Crippen LogP contribution is -2.42. The highest BCUT2D eigenvalue weighted by Gasteiger charge is 2.37. The Kier molecular flexibility index (Phi) is 3.50. The van der Waals surface area contributed by atoms with Crippen LogP contribution in [0.25, 0.3) is 0 Å². The Balaban J connectivity index is 2.02. The van der Waals surface area contributed by atoms with E-state index in [4.69, 9.17) is 9.56 Å². The summed E-state index contributed by atoms with van der Waals surface area (Å²) in [6, 6.07) is 2.78. The summed E-state index contributed by atoms with van der Waals surface area (Å²) in [5.41, 5.74) is -0.507. The summed E-state index contributed by atoms with van der Waals surface area (Å²) in [4.78, 5) is 0. The maximum Gasteiger partial charge on any atom is 0.271 e. The van der Waals surface area contributed by atoms with Crippen molar-refractivity contribution in [2.45, 2.75) is 30.5 Å². The summed E-state index contributed by atoms with van der Waals surface area (Å²) < 4.78 is 50.0. The van der Waals surface area contributed by atoms with Gasteiger partial charge in [-0.25, -0.2) is 22.0 Å². The van der Waals surface area contributed by atoms with Crippen LogP contribution in [0.5, 0.6) is 0 Å². The summed E-state index contributed by atoms with van der Waals surface area (Å²) >= 11 is 0. The van der Waals surface area contributed by atoms with Crippen LogP contribution in [-0.4, -0.2) is 33.9 Å². The van der Waals surface area contributed by atoms with Gasteiger partial charge in [0.25, 0.3) is 10.0 Å². The predicted octanol–water partition coefficient (Wildman–Crippen LogP) is -0.406. The number of furan rings is 1. The predicted molar refractivity (Wildman–Crippen MR) is 68.6 cm³/mol. The van der Waals surface area contributed by atoms with E-state index >= 15 is 0 Å². The lowest BCUT2D eigenvalue weighted by molar-refractivity contribution is 0.347. The topological polar surface area (TPSA) is 119 Å². The average molecular weight is 308 g/mol. The van der Waals surface area contributed by atoms with E-state index in [9.17, 15) is 16.8 Å². The second-order valence-electron chi connectivity index (χ2n) is 5.02. The molecule has 1 aliphatic rings. The van der Waals surface area contributed by atoms with Crippen molar-refractivity contribution in [3.05, 3.63) is 17.9 Å². The Morgan fingerprint density at radius 2 is 2.16 bits per heavy atom. The number of sulfonamides is 1. The smallest absolute Gasteiger partial charge is 0.271 e. The zero-order chi connectivity index (χ0) is 14.3. The number of primary sulfonamides is 1. The van der Waals surface area contributed by atoms with E-state index in [1.54, 1.807) is 0 Å². The summed E-state index contributed by atoms with van der Waals surface area (Å²) in [6.45, 7) is 2.07. The normalized spacial score (nSPS) is 26.6. The largest absolute Gasteiger partial charge is 0.447 e. The number of nitrogens with two attached hydrogens (primary N) is 1. The summed E-state index contributed by atoms with van der Waals surface area (Å²) in [6.07, 6.45) is 0.526. The number of sulfone groups is 1. The minimum absolute atomic E-state index is 0.0722. The first kappa shape index (κ1) is 14.5. The van der Waals surface area contributed by atoms with E-state index in [1.165, 1.54) is 12.1 Å². The molecule has 0 aliphatic carbocycles. The van der Waals surface area contributed by atoms with Crippen LogP contribution in [0.4, 0.5) is 0 Å². The average Bonchev–Trinajstić information content (AvgIpc) is 2.80. The molecule has 7 nitrogen and oxygen atoms in total. The standard InChI is InChI=1S/C10H16N2O5S2/c1-10(4-5-18(13,14)7-10)12-6-8-2-3-9(17-8)19(11,15)16/h2-3,12H,4-7H2,1H3,(H2,11,15,16). The van der Waals surface area contributed by atoms with Gasteiger partial charge in [0.2, 0.25) is 5.09 Å². The second-order valence-corrected chi connectivity index (χ2v) is 8.70. The van der Waals surface area contributed by atoms with Crippen molar-refractivity contribution in [2.24, 2.45) is 5.14 Å². The van der Waals surface area contributed by atoms with Crippen LogP contribution in [-0.2, 0) is 26.4 Å². The van der Waals surface area contributed by atoms with E-state index in [0.29, 0.717) is 12.2 Å². The molecule has 1 unspecified atom stereocenters. The minimum Gasteiger partial charge on any atom is -0.447 e. The zero-order valence-electron chi connectivity index (χ0n) is 10.4. The molecule has 1 aromatic heterocycles. The van der Waals surface area contributed by atoms with Gasteiger partial charge in [0.15, 0.2) is 9.84 Å². The molecule has 0 aromatic carbocycles. The molecule has 108 valence electrons. The van der Waals surface area contributed by atoms with Crippen molar-refractivity contribution >= 4 is 19.9 Å². The van der Waals surface area contributed by atoms with Gasteiger partial charge in [0.05, 0.1) is 18.1 Å². The van der Waals surface area contributed by atoms with E-state index in [2.05, 4.69) is 5.32 Å². The third-order valence-corrected chi connectivity index (χ3v) is 5.79. The molecule has 0 bridgehead atoms. The first-order valence-electron chi connectivity index (χ1n) is 5.67. The van der Waals surface area contributed by atoms with Gasteiger partial charge in [-0.1, -0.05) is 0 Å². The number of hydrogen-bond donors (Lipinski definition) is 2. The Bertz CT molecular complexity index is 677. The minimum atomic E-state index is -3.84. The molecule has 2 heterocycles. The van der Waals surface area contributed by atoms with Crippen molar-refractivity contribution in [1.82, 2.24) is 5.32 Å². The van der Waals surface area contributed by atoms with Gasteiger partial charge < -0.3 is 9.73 Å². The van der Waals surface area contributed by atoms with E-state index < -0.39 is 25.4 Å². The number of hydrogen-bond acceptors (Lipinski definition) is 6. The molecule has 1 fully saturated rings. The molecule has 0 saturated carbocycles. The van der Waals surface area contributed by atoms with Crippen LogP contribution >= 0.6 is 0 Å². The van der Waals surface area contributed by atoms with Crippen molar-refractivity contribution in [3.8, 4) is 0 Å². The molecule has 0 radical (unpaired) electrons. The van der Waals surface area contributed by atoms with Crippen LogP contribution in [0.1, 0.15) is 19.1 Å². The molecule has 1 aliphatic heterocycles. The fraction of sp³-hybridized carbons (Fsp3) is 0.600. The molecule has 0 amide bonds. The van der Waals surface area contributed by atoms with E-state index in [-0.39, 0.29) is 23.1 Å². The third kappa shape index (κ3) is 3.56. The molecule has 1 aromatic rings. The molecular formula is C10H16N2O5S2. The number of nitrogens with one attached hydrogen (secondary N) is 1. The first-order chi connectivity index (χ1) is 8.60. The van der Waals surface area contributed by atoms with Crippen LogP contribution in [0.15, 0.2) is 21.6 Å². The Morgan fingerprint density at radius 3 is 2.63 bits per heavy atom. The van der Waals surface area contributed by atoms with Crippen molar-refractivity contribution < 1.29 is 21.3 Å². The quantitative estimate of drug-likeness (QED) is 0.780. The van der Waals surface area contributed by atoms with Crippen LogP contribution in [0.3, 0.4) is 0 Å². The lowest BCUT2D eigenvalue weighted by Gasteiger charge is -2.23. The van der Waals surface area contributed by atoms with Crippen molar-refractivity contribution in [1.29, 1.82) is 0 Å². The van der Waals surface area contributed by atoms with Crippen molar-refractivity contribution in [2.75, 3.05) is 11.5 Å². The highest BCUT2D eigenvalue weighted by atomic mass is 32.2. The maximum absolute atomic E-state index is 11.4. The third-order valence-electron chi connectivity index (χ3n) is 3.11. The molecule has 0 spiro atoms. The second kappa shape index (κ2) is 4.58. The summed E-state index contributed by atoms with van der Waals surface area (Å²) in [5.74, 6) is 0.634. The fourth-order valence-electron chi connectivity index (χ4n) is 2.06. The van der Waals surface area contributed by atoms with Gasteiger partial charge in [-0.3, -0.25) is 0 Å². The highest BCUT2D eigenvalue weighted by molar-refractivity contribution is 7.91. The van der Waals surface area contributed by atoms with Gasteiger partial charge in [-0.2, -0.15) is 0 Å². The first-order valence-corrected chi connectivity index (χ1v) is 9.03. The van der Waals surface area contributed by atoms with E-state index in [0.717, 1.165) is 0 Å². The van der Waals surface area contributed by atoms with Gasteiger partial charge in [-0.15, -0.1) is 0 Å². The van der Waals surface area contributed by atoms with Gasteiger partial charge in [-0.05, 0) is 25.5 Å². The maximum atomic E-state index is 11.4. The highest BCUT2D eigenvalue weighted by Crippen LogP contribution is 2.23. The Labute approximate surface area is 112 Å². The zero-order valence-corrected chi connectivity index (χ0v) is 12.1. The van der Waals surface area contributed by atoms with Crippen LogP contribution in [0.2, 0.25) is 0 Å². The molecule has 3 N–H and O–H groups in total. The lowest BCUT2D eigenvalue weighted by atomic mass is 10.0. The SMILES string of the molecule is CC1(NCc2ccc(S(N)(=O)=O)o2)CCS(=O)(=O)C1. The molecule has 1 atom stereocenters. The Hall–Kier alpha value is -0.900. The van der Waals surface area contributed by atoms with Gasteiger partial charge in [0, 0.05) is 5.54 Å². The fourth-order valence-corrected chi connectivity index (χ4v) is 4.66. The van der Waals surface area contributed by atoms with Crippen LogP contribution in [0, 0.1) is 0 Å². The van der Waals surface area contributed by atoms with Crippen LogP contribution < -0.4 is 10.5 Å². The Morgan fingerprint density at radius 1 is 1.47 bits per heavy atom. The summed E-state index contributed by atoms with van der Waals surface area (Å²) in [7, 11) is -6.83. The monoisotopic (exact) mass is 308 g/mol. The molecule has 9 heteroatoms. The molecular weight excluding hydrogens is 292 g/mol. The summed E-state index contributed by atoms with van der Waals surface area (Å²) in [5, 5.41) is 7.72. The number of rotatable bonds is 4. The molecule has 2 rings (SSSR count).